The molecule has 1 amide bonds. The van der Waals surface area contributed by atoms with E-state index in [4.69, 9.17) is 16.3 Å². The van der Waals surface area contributed by atoms with Gasteiger partial charge in [-0.15, -0.1) is 11.6 Å². The first kappa shape index (κ1) is 6.83. The first-order valence-corrected chi connectivity index (χ1v) is 3.29. The summed E-state index contributed by atoms with van der Waals surface area (Å²) < 4.78 is 4.84. The highest BCUT2D eigenvalue weighted by molar-refractivity contribution is 6.18. The van der Waals surface area contributed by atoms with Crippen LogP contribution in [0.2, 0.25) is 0 Å². The third-order valence-corrected chi connectivity index (χ3v) is 1.35. The molecule has 0 aromatic heterocycles. The van der Waals surface area contributed by atoms with Crippen LogP contribution >= 0.6 is 11.6 Å². The Labute approximate surface area is 58.5 Å². The molecule has 0 spiro atoms. The summed E-state index contributed by atoms with van der Waals surface area (Å²) in [6.07, 6.45) is 0. The predicted molar refractivity (Wildman–Crippen MR) is 33.3 cm³/mol. The molecule has 4 heteroatoms. The molecule has 52 valence electrons. The van der Waals surface area contributed by atoms with Gasteiger partial charge in [0.05, 0.1) is 0 Å². The Morgan fingerprint density at radius 2 is 2.56 bits per heavy atom. The molecule has 0 bridgehead atoms. The minimum Gasteiger partial charge on any atom is -0.351 e. The van der Waals surface area contributed by atoms with Crippen LogP contribution in [0.3, 0.4) is 0 Å². The van der Waals surface area contributed by atoms with Crippen LogP contribution in [0.4, 0.5) is 0 Å². The average molecular weight is 150 g/mol. The summed E-state index contributed by atoms with van der Waals surface area (Å²) in [7, 11) is 0. The Hall–Kier alpha value is -0.280. The van der Waals surface area contributed by atoms with Crippen molar-refractivity contribution in [1.82, 2.24) is 4.90 Å². The smallest absolute Gasteiger partial charge is 0.250 e. The summed E-state index contributed by atoms with van der Waals surface area (Å²) in [6.45, 7) is 1.23. The van der Waals surface area contributed by atoms with Crippen LogP contribution in [-0.4, -0.2) is 36.6 Å². The van der Waals surface area contributed by atoms with E-state index in [1.54, 1.807) is 4.90 Å². The standard InChI is InChI=1S/C5H8ClNO2/c6-1-2-7-4-9-3-5(7)8/h1-4H2. The van der Waals surface area contributed by atoms with Gasteiger partial charge in [0.15, 0.2) is 0 Å². The van der Waals surface area contributed by atoms with E-state index in [1.807, 2.05) is 0 Å². The van der Waals surface area contributed by atoms with Crippen molar-refractivity contribution in [2.75, 3.05) is 25.8 Å². The summed E-state index contributed by atoms with van der Waals surface area (Å²) in [5.74, 6) is 0.519. The number of halogens is 1. The lowest BCUT2D eigenvalue weighted by Gasteiger charge is -2.09. The van der Waals surface area contributed by atoms with Gasteiger partial charge in [-0.2, -0.15) is 0 Å². The number of hydrogen-bond donors (Lipinski definition) is 0. The molecule has 0 aliphatic carbocycles. The number of alkyl halides is 1. The topological polar surface area (TPSA) is 29.5 Å². The highest BCUT2D eigenvalue weighted by atomic mass is 35.5. The van der Waals surface area contributed by atoms with E-state index in [0.717, 1.165) is 0 Å². The molecule has 0 atom stereocenters. The fourth-order valence-electron chi connectivity index (χ4n) is 0.698. The number of amides is 1. The largest absolute Gasteiger partial charge is 0.351 e. The maximum atomic E-state index is 10.7. The average Bonchev–Trinajstić information content (AvgIpc) is 2.18. The van der Waals surface area contributed by atoms with E-state index >= 15 is 0 Å². The summed E-state index contributed by atoms with van der Waals surface area (Å²) in [4.78, 5) is 12.3. The molecule has 9 heavy (non-hydrogen) atoms. The zero-order chi connectivity index (χ0) is 6.69. The Morgan fingerprint density at radius 1 is 1.78 bits per heavy atom. The highest BCUT2D eigenvalue weighted by Gasteiger charge is 2.19. The fourth-order valence-corrected chi connectivity index (χ4v) is 0.902. The zero-order valence-electron chi connectivity index (χ0n) is 4.97. The molecule has 0 N–H and O–H groups in total. The Bertz CT molecular complexity index is 118. The van der Waals surface area contributed by atoms with Crippen molar-refractivity contribution < 1.29 is 9.53 Å². The lowest BCUT2D eigenvalue weighted by molar-refractivity contribution is -0.126. The fraction of sp³-hybridized carbons (Fsp3) is 0.800. The molecule has 1 rings (SSSR count). The molecule has 0 aromatic carbocycles. The molecule has 1 fully saturated rings. The molecule has 1 aliphatic heterocycles. The molecular formula is C5H8ClNO2. The minimum absolute atomic E-state index is 0.0376. The van der Waals surface area contributed by atoms with Gasteiger partial charge in [-0.05, 0) is 0 Å². The van der Waals surface area contributed by atoms with Crippen LogP contribution in [0.25, 0.3) is 0 Å². The second-order valence-electron chi connectivity index (χ2n) is 1.82. The maximum Gasteiger partial charge on any atom is 0.250 e. The Balaban J connectivity index is 2.31. The molecule has 1 saturated heterocycles. The van der Waals surface area contributed by atoms with Gasteiger partial charge in [0.25, 0.3) is 5.91 Å². The molecule has 3 nitrogen and oxygen atoms in total. The van der Waals surface area contributed by atoms with E-state index in [1.165, 1.54) is 0 Å². The van der Waals surface area contributed by atoms with Gasteiger partial charge in [-0.25, -0.2) is 0 Å². The van der Waals surface area contributed by atoms with Crippen LogP contribution < -0.4 is 0 Å². The van der Waals surface area contributed by atoms with Gasteiger partial charge >= 0.3 is 0 Å². The quantitative estimate of drug-likeness (QED) is 0.519. The van der Waals surface area contributed by atoms with Crippen LogP contribution in [0.15, 0.2) is 0 Å². The van der Waals surface area contributed by atoms with Gasteiger partial charge < -0.3 is 9.64 Å². The summed E-state index contributed by atoms with van der Waals surface area (Å²) in [5.41, 5.74) is 0. The van der Waals surface area contributed by atoms with E-state index in [0.29, 0.717) is 19.2 Å². The first-order valence-electron chi connectivity index (χ1n) is 2.76. The second-order valence-corrected chi connectivity index (χ2v) is 2.20. The molecular weight excluding hydrogens is 142 g/mol. The van der Waals surface area contributed by atoms with Crippen LogP contribution in [0.1, 0.15) is 0 Å². The Morgan fingerprint density at radius 3 is 3.00 bits per heavy atom. The summed E-state index contributed by atoms with van der Waals surface area (Å²) in [5, 5.41) is 0. The maximum absolute atomic E-state index is 10.7. The monoisotopic (exact) mass is 149 g/mol. The van der Waals surface area contributed by atoms with Crippen molar-refractivity contribution in [2.24, 2.45) is 0 Å². The third-order valence-electron chi connectivity index (χ3n) is 1.18. The number of carbonyl (C=O) groups is 1. The lowest BCUT2D eigenvalue weighted by Crippen LogP contribution is -2.27. The normalized spacial score (nSPS) is 19.2. The molecule has 0 aromatic rings. The van der Waals surface area contributed by atoms with Gasteiger partial charge in [0, 0.05) is 12.4 Å². The zero-order valence-corrected chi connectivity index (χ0v) is 5.73. The van der Waals surface area contributed by atoms with E-state index in [9.17, 15) is 4.79 Å². The van der Waals surface area contributed by atoms with E-state index in [-0.39, 0.29) is 12.5 Å². The minimum atomic E-state index is 0.0376. The molecule has 1 heterocycles. The van der Waals surface area contributed by atoms with Crippen LogP contribution in [0, 0.1) is 0 Å². The number of ether oxygens (including phenoxy) is 1. The van der Waals surface area contributed by atoms with Crippen molar-refractivity contribution in [2.45, 2.75) is 0 Å². The number of nitrogens with zero attached hydrogens (tertiary/aromatic N) is 1. The lowest BCUT2D eigenvalue weighted by atomic mass is 10.5. The molecule has 0 saturated carbocycles. The van der Waals surface area contributed by atoms with Gasteiger partial charge in [0.2, 0.25) is 0 Å². The summed E-state index contributed by atoms with van der Waals surface area (Å²) in [6, 6.07) is 0. The van der Waals surface area contributed by atoms with Crippen molar-refractivity contribution in [3.05, 3.63) is 0 Å². The first-order chi connectivity index (χ1) is 4.34. The highest BCUT2D eigenvalue weighted by Crippen LogP contribution is 1.99. The summed E-state index contributed by atoms with van der Waals surface area (Å²) >= 11 is 5.40. The van der Waals surface area contributed by atoms with Gasteiger partial charge in [-0.3, -0.25) is 4.79 Å². The molecule has 0 unspecified atom stereocenters. The van der Waals surface area contributed by atoms with Crippen molar-refractivity contribution in [1.29, 1.82) is 0 Å². The van der Waals surface area contributed by atoms with Crippen molar-refractivity contribution >= 4 is 17.5 Å². The third kappa shape index (κ3) is 1.56. The second kappa shape index (κ2) is 3.03. The van der Waals surface area contributed by atoms with Crippen molar-refractivity contribution in [3.8, 4) is 0 Å². The SMILES string of the molecule is O=C1COCN1CCCl. The molecule has 0 radical (unpaired) electrons. The Kier molecular flexibility index (Phi) is 2.30. The van der Waals surface area contributed by atoms with Gasteiger partial charge in [0.1, 0.15) is 13.3 Å². The van der Waals surface area contributed by atoms with Crippen molar-refractivity contribution in [3.63, 3.8) is 0 Å². The number of rotatable bonds is 2. The predicted octanol–water partition coefficient (Wildman–Crippen LogP) is 0.0415. The van der Waals surface area contributed by atoms with Gasteiger partial charge in [-0.1, -0.05) is 0 Å². The van der Waals surface area contributed by atoms with Crippen LogP contribution in [0.5, 0.6) is 0 Å². The number of carbonyl (C=O) groups excluding carboxylic acids is 1. The number of hydrogen-bond acceptors (Lipinski definition) is 2. The van der Waals surface area contributed by atoms with E-state index < -0.39 is 0 Å². The van der Waals surface area contributed by atoms with E-state index in [2.05, 4.69) is 0 Å². The molecule has 1 aliphatic rings. The van der Waals surface area contributed by atoms with Crippen LogP contribution in [-0.2, 0) is 9.53 Å².